The molecule has 2 aromatic carbocycles. The summed E-state index contributed by atoms with van der Waals surface area (Å²) in [6.45, 7) is 2.16. The number of rotatable bonds is 2. The molecule has 1 atom stereocenters. The number of nitrogens with two attached hydrogens (primary N) is 1. The molecule has 1 amide bonds. The minimum absolute atomic E-state index is 0.0407. The third kappa shape index (κ3) is 2.60. The predicted octanol–water partition coefficient (Wildman–Crippen LogP) is 3.45. The number of carbonyl (C=O) groups excluding carboxylic acids is 1. The Hall–Kier alpha value is -2.04. The first kappa shape index (κ1) is 13.9. The van der Waals surface area contributed by atoms with Gasteiger partial charge in [-0.2, -0.15) is 0 Å². The van der Waals surface area contributed by atoms with Gasteiger partial charge in [-0.3, -0.25) is 4.79 Å². The van der Waals surface area contributed by atoms with Crippen molar-refractivity contribution in [3.63, 3.8) is 0 Å². The van der Waals surface area contributed by atoms with E-state index in [-0.39, 0.29) is 18.5 Å². The molecule has 108 valence electrons. The van der Waals surface area contributed by atoms with E-state index in [1.54, 1.807) is 0 Å². The summed E-state index contributed by atoms with van der Waals surface area (Å²) < 4.78 is 0. The zero-order valence-electron chi connectivity index (χ0n) is 11.6. The van der Waals surface area contributed by atoms with Crippen molar-refractivity contribution in [3.05, 3.63) is 53.1 Å². The number of anilines is 3. The number of benzene rings is 2. The van der Waals surface area contributed by atoms with E-state index in [1.807, 2.05) is 54.3 Å². The fraction of sp³-hybridized carbons (Fsp3) is 0.188. The largest absolute Gasteiger partial charge is 0.330 e. The lowest BCUT2D eigenvalue weighted by Crippen LogP contribution is -2.35. The lowest BCUT2D eigenvalue weighted by molar-refractivity contribution is -0.115. The van der Waals surface area contributed by atoms with Gasteiger partial charge in [-0.1, -0.05) is 29.8 Å². The normalized spacial score (nSPS) is 15.4. The number of hydrogen-bond donors (Lipinski definition) is 2. The Morgan fingerprint density at radius 1 is 1.29 bits per heavy atom. The summed E-state index contributed by atoms with van der Waals surface area (Å²) in [5, 5.41) is 3.49. The Labute approximate surface area is 128 Å². The van der Waals surface area contributed by atoms with Crippen LogP contribution in [0.2, 0.25) is 5.02 Å². The van der Waals surface area contributed by atoms with E-state index in [2.05, 4.69) is 5.32 Å². The molecule has 2 aromatic rings. The van der Waals surface area contributed by atoms with E-state index < -0.39 is 0 Å². The van der Waals surface area contributed by atoms with Crippen molar-refractivity contribution in [1.82, 2.24) is 0 Å². The molecule has 3 rings (SSSR count). The van der Waals surface area contributed by atoms with Gasteiger partial charge in [0.1, 0.15) is 6.54 Å². The van der Waals surface area contributed by atoms with Gasteiger partial charge in [0.25, 0.3) is 0 Å². The molecule has 0 spiro atoms. The molecule has 0 saturated carbocycles. The Bertz CT molecular complexity index is 700. The van der Waals surface area contributed by atoms with E-state index in [4.69, 9.17) is 17.3 Å². The van der Waals surface area contributed by atoms with Gasteiger partial charge < -0.3 is 16.0 Å². The maximum Gasteiger partial charge on any atom is 0.244 e. The van der Waals surface area contributed by atoms with Crippen LogP contribution in [0.1, 0.15) is 18.5 Å². The molecule has 4 nitrogen and oxygen atoms in total. The van der Waals surface area contributed by atoms with Gasteiger partial charge in [-0.15, -0.1) is 0 Å². The van der Waals surface area contributed by atoms with Crippen LogP contribution in [-0.4, -0.2) is 12.5 Å². The molecule has 0 radical (unpaired) electrons. The number of nitrogens with zero attached hydrogens (tertiary/aromatic N) is 1. The number of para-hydroxylation sites is 2. The van der Waals surface area contributed by atoms with Crippen molar-refractivity contribution in [3.8, 4) is 0 Å². The number of carbonyl (C=O) groups is 1. The summed E-state index contributed by atoms with van der Waals surface area (Å²) >= 11 is 6.30. The van der Waals surface area contributed by atoms with Crippen LogP contribution >= 0.6 is 11.6 Å². The molecule has 0 fully saturated rings. The van der Waals surface area contributed by atoms with Crippen LogP contribution in [0.4, 0.5) is 17.1 Å². The Balaban J connectivity index is 2.05. The lowest BCUT2D eigenvalue weighted by Gasteiger charge is -2.31. The first-order chi connectivity index (χ1) is 10.1. The predicted molar refractivity (Wildman–Crippen MR) is 86.1 cm³/mol. The van der Waals surface area contributed by atoms with Gasteiger partial charge in [0.15, 0.2) is 0 Å². The molecule has 21 heavy (non-hydrogen) atoms. The van der Waals surface area contributed by atoms with Crippen molar-refractivity contribution >= 4 is 34.6 Å². The van der Waals surface area contributed by atoms with Crippen LogP contribution in [0.3, 0.4) is 0 Å². The molecule has 0 aromatic heterocycles. The highest BCUT2D eigenvalue weighted by Gasteiger charge is 2.23. The van der Waals surface area contributed by atoms with Crippen LogP contribution in [-0.2, 0) is 4.79 Å². The van der Waals surface area contributed by atoms with Gasteiger partial charge in [0.2, 0.25) is 5.91 Å². The third-order valence-corrected chi connectivity index (χ3v) is 3.88. The standard InChI is InChI=1S/C16H16ClN3O/c1-10(18)12-7-6-11(8-13(12)17)20-9-16(21)19-14-4-2-3-5-15(14)20/h2-8,10H,9,18H2,1H3,(H,19,21). The van der Waals surface area contributed by atoms with Gasteiger partial charge in [0, 0.05) is 16.8 Å². The number of fused-ring (bicyclic) bond motifs is 1. The van der Waals surface area contributed by atoms with Crippen molar-refractivity contribution in [2.75, 3.05) is 16.8 Å². The Kier molecular flexibility index (Phi) is 3.57. The second-order valence-electron chi connectivity index (χ2n) is 5.15. The summed E-state index contributed by atoms with van der Waals surface area (Å²) in [6, 6.07) is 13.3. The monoisotopic (exact) mass is 301 g/mol. The van der Waals surface area contributed by atoms with E-state index in [0.29, 0.717) is 5.02 Å². The first-order valence-corrected chi connectivity index (χ1v) is 7.15. The molecular formula is C16H16ClN3O. The molecule has 1 unspecified atom stereocenters. The van der Waals surface area contributed by atoms with Crippen molar-refractivity contribution < 1.29 is 4.79 Å². The topological polar surface area (TPSA) is 58.4 Å². The van der Waals surface area contributed by atoms with Crippen molar-refractivity contribution in [2.24, 2.45) is 5.73 Å². The minimum Gasteiger partial charge on any atom is -0.330 e. The zero-order chi connectivity index (χ0) is 15.0. The second kappa shape index (κ2) is 5.39. The van der Waals surface area contributed by atoms with Crippen LogP contribution in [0.5, 0.6) is 0 Å². The highest BCUT2D eigenvalue weighted by Crippen LogP contribution is 2.36. The highest BCUT2D eigenvalue weighted by molar-refractivity contribution is 6.31. The summed E-state index contributed by atoms with van der Waals surface area (Å²) in [5.41, 5.74) is 9.43. The van der Waals surface area contributed by atoms with E-state index in [1.165, 1.54) is 0 Å². The summed E-state index contributed by atoms with van der Waals surface area (Å²) in [4.78, 5) is 13.8. The van der Waals surface area contributed by atoms with Crippen LogP contribution in [0.15, 0.2) is 42.5 Å². The Morgan fingerprint density at radius 2 is 2.05 bits per heavy atom. The molecule has 0 bridgehead atoms. The number of nitrogens with one attached hydrogen (secondary N) is 1. The van der Waals surface area contributed by atoms with Crippen molar-refractivity contribution in [1.29, 1.82) is 0 Å². The van der Waals surface area contributed by atoms with E-state index >= 15 is 0 Å². The second-order valence-corrected chi connectivity index (χ2v) is 5.55. The number of halogens is 1. The fourth-order valence-electron chi connectivity index (χ4n) is 2.52. The minimum atomic E-state index is -0.122. The highest BCUT2D eigenvalue weighted by atomic mass is 35.5. The van der Waals surface area contributed by atoms with E-state index in [0.717, 1.165) is 22.6 Å². The molecule has 1 heterocycles. The molecule has 0 aliphatic carbocycles. The van der Waals surface area contributed by atoms with Gasteiger partial charge in [0.05, 0.1) is 11.4 Å². The molecule has 1 aliphatic rings. The van der Waals surface area contributed by atoms with Gasteiger partial charge in [-0.25, -0.2) is 0 Å². The van der Waals surface area contributed by atoms with E-state index in [9.17, 15) is 4.79 Å². The quantitative estimate of drug-likeness (QED) is 0.893. The molecule has 5 heteroatoms. The van der Waals surface area contributed by atoms with Crippen LogP contribution in [0, 0.1) is 0 Å². The SMILES string of the molecule is CC(N)c1ccc(N2CC(=O)Nc3ccccc32)cc1Cl. The van der Waals surface area contributed by atoms with Gasteiger partial charge in [-0.05, 0) is 36.8 Å². The molecule has 1 aliphatic heterocycles. The fourth-order valence-corrected chi connectivity index (χ4v) is 2.86. The van der Waals surface area contributed by atoms with Crippen LogP contribution in [0.25, 0.3) is 0 Å². The number of hydrogen-bond acceptors (Lipinski definition) is 3. The smallest absolute Gasteiger partial charge is 0.244 e. The average molecular weight is 302 g/mol. The third-order valence-electron chi connectivity index (χ3n) is 3.56. The first-order valence-electron chi connectivity index (χ1n) is 6.77. The average Bonchev–Trinajstić information content (AvgIpc) is 2.45. The lowest BCUT2D eigenvalue weighted by atomic mass is 10.1. The maximum atomic E-state index is 11.9. The zero-order valence-corrected chi connectivity index (χ0v) is 12.4. The van der Waals surface area contributed by atoms with Crippen LogP contribution < -0.4 is 16.0 Å². The van der Waals surface area contributed by atoms with Gasteiger partial charge >= 0.3 is 0 Å². The van der Waals surface area contributed by atoms with Crippen molar-refractivity contribution in [2.45, 2.75) is 13.0 Å². The summed E-state index contributed by atoms with van der Waals surface area (Å²) in [5.74, 6) is -0.0407. The summed E-state index contributed by atoms with van der Waals surface area (Å²) in [6.07, 6.45) is 0. The number of amides is 1. The molecule has 3 N–H and O–H groups in total. The molecular weight excluding hydrogens is 286 g/mol. The maximum absolute atomic E-state index is 11.9. The summed E-state index contributed by atoms with van der Waals surface area (Å²) in [7, 11) is 0. The Morgan fingerprint density at radius 3 is 2.76 bits per heavy atom. The molecule has 0 saturated heterocycles.